The molecule has 0 aromatic carbocycles. The van der Waals surface area contributed by atoms with E-state index < -0.39 is 11.1 Å². The van der Waals surface area contributed by atoms with Crippen LogP contribution in [-0.4, -0.2) is 22.3 Å². The number of esters is 1. The molecule has 0 saturated carbocycles. The lowest BCUT2D eigenvalue weighted by Crippen LogP contribution is -2.29. The maximum absolute atomic E-state index is 11.4. The van der Waals surface area contributed by atoms with Crippen molar-refractivity contribution in [3.05, 3.63) is 0 Å². The fourth-order valence-electron chi connectivity index (χ4n) is 0.894. The van der Waals surface area contributed by atoms with Gasteiger partial charge in [0.25, 0.3) is 0 Å². The van der Waals surface area contributed by atoms with Gasteiger partial charge in [-0.3, -0.25) is 4.79 Å². The molecule has 0 fully saturated rings. The van der Waals surface area contributed by atoms with Gasteiger partial charge in [0.2, 0.25) is 0 Å². The molecule has 0 amide bonds. The second-order valence-corrected chi connectivity index (χ2v) is 4.96. The summed E-state index contributed by atoms with van der Waals surface area (Å²) in [6.07, 6.45) is 0.216. The zero-order chi connectivity index (χ0) is 11.4. The first kappa shape index (κ1) is 13.3. The van der Waals surface area contributed by atoms with Crippen LogP contribution in [0.1, 0.15) is 41.0 Å². The minimum Gasteiger partial charge on any atom is -0.460 e. The van der Waals surface area contributed by atoms with Gasteiger partial charge in [0.15, 0.2) is 0 Å². The lowest BCUT2D eigenvalue weighted by Gasteiger charge is -2.23. The van der Waals surface area contributed by atoms with Crippen LogP contribution in [0.3, 0.4) is 0 Å². The summed E-state index contributed by atoms with van der Waals surface area (Å²) in [6, 6.07) is 0. The third kappa shape index (κ3) is 6.75. The van der Waals surface area contributed by atoms with Crippen LogP contribution >= 0.6 is 12.2 Å². The molecule has 0 radical (unpaired) electrons. The summed E-state index contributed by atoms with van der Waals surface area (Å²) < 4.78 is 5.16. The standard InChI is InChI=1S/C10H17NO2S/c1-9(2,3)13-8(12)6-10(4,5)11-7-14/h6H2,1-5H3. The van der Waals surface area contributed by atoms with Gasteiger partial charge in [-0.2, -0.15) is 0 Å². The number of carbonyl (C=O) groups excluding carboxylic acids is 1. The molecule has 80 valence electrons. The van der Waals surface area contributed by atoms with E-state index in [4.69, 9.17) is 4.74 Å². The van der Waals surface area contributed by atoms with Crippen LogP contribution in [0.15, 0.2) is 4.99 Å². The van der Waals surface area contributed by atoms with Gasteiger partial charge in [-0.25, -0.2) is 4.99 Å². The summed E-state index contributed by atoms with van der Waals surface area (Å²) in [5.41, 5.74) is -0.974. The summed E-state index contributed by atoms with van der Waals surface area (Å²) >= 11 is 4.49. The number of aliphatic imine (C=N–C) groups is 1. The SMILES string of the molecule is CC(C)(CC(=O)OC(C)(C)C)N=C=S. The van der Waals surface area contributed by atoms with Crippen LogP contribution in [0.25, 0.3) is 0 Å². The van der Waals surface area contributed by atoms with E-state index in [9.17, 15) is 4.79 Å². The summed E-state index contributed by atoms with van der Waals surface area (Å²) in [4.78, 5) is 15.3. The lowest BCUT2D eigenvalue weighted by atomic mass is 10.0. The smallest absolute Gasteiger partial charge is 0.308 e. The normalized spacial score (nSPS) is 11.8. The second kappa shape index (κ2) is 4.67. The van der Waals surface area contributed by atoms with E-state index in [1.807, 2.05) is 34.6 Å². The maximum Gasteiger partial charge on any atom is 0.308 e. The molecule has 0 aromatic heterocycles. The van der Waals surface area contributed by atoms with Gasteiger partial charge in [0.05, 0.1) is 17.1 Å². The molecular formula is C10H17NO2S. The van der Waals surface area contributed by atoms with E-state index in [2.05, 4.69) is 22.4 Å². The Kier molecular flexibility index (Phi) is 4.43. The highest BCUT2D eigenvalue weighted by molar-refractivity contribution is 7.78. The lowest BCUT2D eigenvalue weighted by molar-refractivity contribution is -0.155. The summed E-state index contributed by atoms with van der Waals surface area (Å²) in [5, 5.41) is 2.28. The first-order chi connectivity index (χ1) is 6.16. The second-order valence-electron chi connectivity index (χ2n) is 4.78. The molecule has 0 heterocycles. The Morgan fingerprint density at radius 2 is 1.86 bits per heavy atom. The molecule has 0 aromatic rings. The van der Waals surface area contributed by atoms with Crippen molar-refractivity contribution in [2.45, 2.75) is 52.2 Å². The molecular weight excluding hydrogens is 198 g/mol. The number of hydrogen-bond acceptors (Lipinski definition) is 4. The molecule has 0 aliphatic carbocycles. The monoisotopic (exact) mass is 215 g/mol. The Balaban J connectivity index is 4.26. The van der Waals surface area contributed by atoms with Crippen molar-refractivity contribution in [3.63, 3.8) is 0 Å². The Morgan fingerprint density at radius 1 is 1.36 bits per heavy atom. The fraction of sp³-hybridized carbons (Fsp3) is 0.800. The van der Waals surface area contributed by atoms with E-state index in [0.717, 1.165) is 0 Å². The van der Waals surface area contributed by atoms with Crippen molar-refractivity contribution in [1.29, 1.82) is 0 Å². The topological polar surface area (TPSA) is 38.7 Å². The first-order valence-corrected chi connectivity index (χ1v) is 4.88. The van der Waals surface area contributed by atoms with Crippen molar-refractivity contribution in [2.75, 3.05) is 0 Å². The number of ether oxygens (including phenoxy) is 1. The van der Waals surface area contributed by atoms with Crippen molar-refractivity contribution in [3.8, 4) is 0 Å². The van der Waals surface area contributed by atoms with Crippen LogP contribution in [0.2, 0.25) is 0 Å². The highest BCUT2D eigenvalue weighted by atomic mass is 32.1. The Bertz CT molecular complexity index is 260. The minimum atomic E-state index is -0.524. The molecule has 0 aliphatic rings. The zero-order valence-corrected chi connectivity index (χ0v) is 10.2. The van der Waals surface area contributed by atoms with Crippen LogP contribution < -0.4 is 0 Å². The molecule has 0 atom stereocenters. The van der Waals surface area contributed by atoms with Crippen LogP contribution in [0.5, 0.6) is 0 Å². The number of thiocarbonyl (C=S) groups is 1. The van der Waals surface area contributed by atoms with E-state index >= 15 is 0 Å². The quantitative estimate of drug-likeness (QED) is 0.412. The van der Waals surface area contributed by atoms with Crippen molar-refractivity contribution in [2.24, 2.45) is 4.99 Å². The van der Waals surface area contributed by atoms with Gasteiger partial charge in [-0.15, -0.1) is 0 Å². The van der Waals surface area contributed by atoms with E-state index in [0.29, 0.717) is 0 Å². The number of carbonyl (C=O) groups is 1. The van der Waals surface area contributed by atoms with Gasteiger partial charge in [0.1, 0.15) is 5.60 Å². The number of hydrogen-bond donors (Lipinski definition) is 0. The molecule has 14 heavy (non-hydrogen) atoms. The van der Waals surface area contributed by atoms with E-state index in [-0.39, 0.29) is 12.4 Å². The molecule has 4 heteroatoms. The van der Waals surface area contributed by atoms with Gasteiger partial charge in [-0.05, 0) is 46.8 Å². The molecule has 0 spiro atoms. The fourth-order valence-corrected chi connectivity index (χ4v) is 1.14. The van der Waals surface area contributed by atoms with Gasteiger partial charge in [-0.1, -0.05) is 0 Å². The van der Waals surface area contributed by atoms with Crippen molar-refractivity contribution < 1.29 is 9.53 Å². The van der Waals surface area contributed by atoms with Crippen LogP contribution in [0.4, 0.5) is 0 Å². The predicted octanol–water partition coefficient (Wildman–Crippen LogP) is 2.60. The molecule has 0 bridgehead atoms. The Labute approximate surface area is 90.6 Å². The van der Waals surface area contributed by atoms with Gasteiger partial charge >= 0.3 is 5.97 Å². The molecule has 0 rings (SSSR count). The molecule has 0 saturated heterocycles. The zero-order valence-electron chi connectivity index (χ0n) is 9.38. The Hall–Kier alpha value is -0.730. The van der Waals surface area contributed by atoms with Crippen molar-refractivity contribution in [1.82, 2.24) is 0 Å². The summed E-state index contributed by atoms with van der Waals surface area (Å²) in [5.74, 6) is -0.267. The molecule has 0 unspecified atom stereocenters. The van der Waals surface area contributed by atoms with Gasteiger partial charge in [0, 0.05) is 0 Å². The highest BCUT2D eigenvalue weighted by Gasteiger charge is 2.24. The van der Waals surface area contributed by atoms with Crippen molar-refractivity contribution >= 4 is 23.3 Å². The first-order valence-electron chi connectivity index (χ1n) is 4.47. The maximum atomic E-state index is 11.4. The van der Waals surface area contributed by atoms with Crippen LogP contribution in [-0.2, 0) is 9.53 Å². The van der Waals surface area contributed by atoms with E-state index in [1.54, 1.807) is 0 Å². The minimum absolute atomic E-state index is 0.216. The average molecular weight is 215 g/mol. The van der Waals surface area contributed by atoms with Crippen LogP contribution in [0, 0.1) is 0 Å². The summed E-state index contributed by atoms with van der Waals surface area (Å²) in [6.45, 7) is 9.13. The highest BCUT2D eigenvalue weighted by Crippen LogP contribution is 2.17. The Morgan fingerprint density at radius 3 is 2.21 bits per heavy atom. The largest absolute Gasteiger partial charge is 0.460 e. The number of nitrogens with zero attached hydrogens (tertiary/aromatic N) is 1. The number of rotatable bonds is 3. The molecule has 0 N–H and O–H groups in total. The third-order valence-corrected chi connectivity index (χ3v) is 1.44. The predicted molar refractivity (Wildman–Crippen MR) is 59.6 cm³/mol. The summed E-state index contributed by atoms with van der Waals surface area (Å²) in [7, 11) is 0. The third-order valence-electron chi connectivity index (χ3n) is 1.35. The van der Waals surface area contributed by atoms with Gasteiger partial charge < -0.3 is 4.74 Å². The van der Waals surface area contributed by atoms with E-state index in [1.165, 1.54) is 0 Å². The molecule has 0 aliphatic heterocycles. The molecule has 3 nitrogen and oxygen atoms in total. The number of isothiocyanates is 1. The average Bonchev–Trinajstić information content (AvgIpc) is 1.78.